The van der Waals surface area contributed by atoms with Crippen LogP contribution in [-0.2, 0) is 30.4 Å². The maximum atomic E-state index is 13.0. The number of carboxylic acid groups (broad SMARTS) is 2. The predicted molar refractivity (Wildman–Crippen MR) is 131 cm³/mol. The van der Waals surface area contributed by atoms with Gasteiger partial charge in [-0.05, 0) is 18.4 Å². The first kappa shape index (κ1) is 30.8. The van der Waals surface area contributed by atoms with Crippen molar-refractivity contribution >= 4 is 35.6 Å². The summed E-state index contributed by atoms with van der Waals surface area (Å²) >= 11 is 0. The van der Waals surface area contributed by atoms with Gasteiger partial charge in [0.05, 0.1) is 13.0 Å². The predicted octanol–water partition coefficient (Wildman–Crippen LogP) is -3.38. The molecule has 0 aliphatic heterocycles. The number of aliphatic carboxylic acids is 2. The number of guanidine groups is 1. The molecule has 0 aliphatic rings. The Morgan fingerprint density at radius 1 is 0.865 bits per heavy atom. The Morgan fingerprint density at radius 3 is 1.97 bits per heavy atom. The molecule has 0 fully saturated rings. The van der Waals surface area contributed by atoms with Gasteiger partial charge in [0.2, 0.25) is 17.7 Å². The minimum Gasteiger partial charge on any atom is -0.481 e. The fraction of sp³-hybridized carbons (Fsp3) is 0.455. The summed E-state index contributed by atoms with van der Waals surface area (Å²) < 4.78 is 0. The third-order valence-corrected chi connectivity index (χ3v) is 5.02. The van der Waals surface area contributed by atoms with E-state index in [1.807, 2.05) is 0 Å². The van der Waals surface area contributed by atoms with Crippen LogP contribution in [0, 0.1) is 0 Å². The molecular formula is C22H33N7O8. The highest BCUT2D eigenvalue weighted by atomic mass is 16.4. The van der Waals surface area contributed by atoms with Gasteiger partial charge < -0.3 is 48.5 Å². The lowest BCUT2D eigenvalue weighted by molar-refractivity contribution is -0.143. The second kappa shape index (κ2) is 15.7. The van der Waals surface area contributed by atoms with Gasteiger partial charge in [-0.25, -0.2) is 4.79 Å². The molecule has 1 aromatic carbocycles. The van der Waals surface area contributed by atoms with E-state index in [1.165, 1.54) is 0 Å². The number of carboxylic acids is 2. The van der Waals surface area contributed by atoms with Gasteiger partial charge >= 0.3 is 11.9 Å². The number of carbonyl (C=O) groups excluding carboxylic acids is 3. The van der Waals surface area contributed by atoms with Crippen molar-refractivity contribution in [3.8, 4) is 0 Å². The van der Waals surface area contributed by atoms with E-state index in [-0.39, 0.29) is 31.8 Å². The van der Waals surface area contributed by atoms with Gasteiger partial charge in [0.1, 0.15) is 24.2 Å². The molecule has 12 N–H and O–H groups in total. The van der Waals surface area contributed by atoms with E-state index >= 15 is 0 Å². The number of hydrogen-bond donors (Lipinski definition) is 9. The molecule has 4 unspecified atom stereocenters. The summed E-state index contributed by atoms with van der Waals surface area (Å²) in [7, 11) is 0. The van der Waals surface area contributed by atoms with Crippen LogP contribution < -0.4 is 33.2 Å². The molecule has 15 heteroatoms. The van der Waals surface area contributed by atoms with Gasteiger partial charge in [-0.2, -0.15) is 0 Å². The van der Waals surface area contributed by atoms with Crippen molar-refractivity contribution in [3.05, 3.63) is 35.9 Å². The van der Waals surface area contributed by atoms with Crippen LogP contribution in [0.2, 0.25) is 0 Å². The minimum absolute atomic E-state index is 0.0133. The normalized spacial score (nSPS) is 13.8. The molecule has 1 rings (SSSR count). The summed E-state index contributed by atoms with van der Waals surface area (Å²) in [5.41, 5.74) is 16.5. The Bertz CT molecular complexity index is 969. The molecule has 0 spiro atoms. The second-order valence-corrected chi connectivity index (χ2v) is 8.05. The number of benzene rings is 1. The number of nitrogens with zero attached hydrogens (tertiary/aromatic N) is 1. The molecule has 0 radical (unpaired) electrons. The maximum Gasteiger partial charge on any atom is 0.326 e. The number of nitrogens with one attached hydrogen (secondary N) is 3. The third-order valence-electron chi connectivity index (χ3n) is 5.02. The van der Waals surface area contributed by atoms with E-state index in [0.29, 0.717) is 5.56 Å². The summed E-state index contributed by atoms with van der Waals surface area (Å²) in [5.74, 6) is -5.75. The molecule has 0 heterocycles. The van der Waals surface area contributed by atoms with Crippen LogP contribution >= 0.6 is 0 Å². The highest BCUT2D eigenvalue weighted by Crippen LogP contribution is 2.07. The fourth-order valence-corrected chi connectivity index (χ4v) is 3.11. The Hall–Kier alpha value is -4.24. The standard InChI is InChI=1S/C22H33N7O8/c23-13(11-30)18(33)28-16(10-17(31)32)20(35)29-15(9-12-5-2-1-3-6-12)19(34)27-14(21(36)37)7-4-8-26-22(24)25/h1-3,5-6,13-16,30H,4,7-11,23H2,(H,27,34)(H,28,33)(H,29,35)(H,31,32)(H,36,37)(H4,24,25,26). The van der Waals surface area contributed by atoms with Gasteiger partial charge in [-0.3, -0.25) is 24.2 Å². The lowest BCUT2D eigenvalue weighted by Gasteiger charge is -2.24. The number of rotatable bonds is 16. The molecule has 0 bridgehead atoms. The number of aliphatic hydroxyl groups is 1. The Morgan fingerprint density at radius 2 is 1.43 bits per heavy atom. The zero-order chi connectivity index (χ0) is 28.0. The number of amides is 3. The van der Waals surface area contributed by atoms with Crippen molar-refractivity contribution in [2.24, 2.45) is 22.2 Å². The lowest BCUT2D eigenvalue weighted by Crippen LogP contribution is -2.58. The third kappa shape index (κ3) is 11.8. The van der Waals surface area contributed by atoms with Crippen molar-refractivity contribution in [2.45, 2.75) is 49.9 Å². The molecule has 3 amide bonds. The van der Waals surface area contributed by atoms with Crippen LogP contribution in [0.3, 0.4) is 0 Å². The first-order chi connectivity index (χ1) is 17.4. The largest absolute Gasteiger partial charge is 0.481 e. The summed E-state index contributed by atoms with van der Waals surface area (Å²) in [6.07, 6.45) is -0.677. The summed E-state index contributed by atoms with van der Waals surface area (Å²) in [4.78, 5) is 64.7. The van der Waals surface area contributed by atoms with E-state index in [0.717, 1.165) is 0 Å². The van der Waals surface area contributed by atoms with Crippen molar-refractivity contribution in [2.75, 3.05) is 13.2 Å². The van der Waals surface area contributed by atoms with Crippen LogP contribution in [-0.4, -0.2) is 88.3 Å². The molecule has 4 atom stereocenters. The fourth-order valence-electron chi connectivity index (χ4n) is 3.11. The number of aliphatic imine (C=N–C) groups is 1. The van der Waals surface area contributed by atoms with Gasteiger partial charge in [0.15, 0.2) is 5.96 Å². The molecule has 37 heavy (non-hydrogen) atoms. The number of aliphatic hydroxyl groups excluding tert-OH is 1. The molecule has 0 saturated carbocycles. The van der Waals surface area contributed by atoms with Crippen molar-refractivity contribution < 1.29 is 39.3 Å². The second-order valence-electron chi connectivity index (χ2n) is 8.05. The summed E-state index contributed by atoms with van der Waals surface area (Å²) in [6, 6.07) is 2.80. The van der Waals surface area contributed by atoms with Gasteiger partial charge in [0, 0.05) is 13.0 Å². The molecule has 0 saturated heterocycles. The molecule has 15 nitrogen and oxygen atoms in total. The van der Waals surface area contributed by atoms with Crippen molar-refractivity contribution in [1.29, 1.82) is 0 Å². The van der Waals surface area contributed by atoms with Crippen molar-refractivity contribution in [3.63, 3.8) is 0 Å². The number of carbonyl (C=O) groups is 5. The number of nitrogens with two attached hydrogens (primary N) is 3. The molecule has 204 valence electrons. The SMILES string of the molecule is NC(N)=NCCCC(NC(=O)C(Cc1ccccc1)NC(=O)C(CC(=O)O)NC(=O)C(N)CO)C(=O)O. The quantitative estimate of drug-likeness (QED) is 0.0585. The summed E-state index contributed by atoms with van der Waals surface area (Å²) in [5, 5.41) is 34.6. The molecule has 1 aromatic rings. The first-order valence-corrected chi connectivity index (χ1v) is 11.3. The maximum absolute atomic E-state index is 13.0. The first-order valence-electron chi connectivity index (χ1n) is 11.3. The van der Waals surface area contributed by atoms with Crippen LogP contribution in [0.4, 0.5) is 0 Å². The van der Waals surface area contributed by atoms with Gasteiger partial charge in [0.25, 0.3) is 0 Å². The lowest BCUT2D eigenvalue weighted by atomic mass is 10.0. The van der Waals surface area contributed by atoms with Crippen molar-refractivity contribution in [1.82, 2.24) is 16.0 Å². The van der Waals surface area contributed by atoms with E-state index in [4.69, 9.17) is 27.4 Å². The molecule has 0 aliphatic carbocycles. The van der Waals surface area contributed by atoms with Crippen LogP contribution in [0.25, 0.3) is 0 Å². The highest BCUT2D eigenvalue weighted by molar-refractivity contribution is 5.95. The zero-order valence-corrected chi connectivity index (χ0v) is 20.0. The highest BCUT2D eigenvalue weighted by Gasteiger charge is 2.31. The Labute approximate surface area is 212 Å². The summed E-state index contributed by atoms with van der Waals surface area (Å²) in [6.45, 7) is -0.606. The van der Waals surface area contributed by atoms with Gasteiger partial charge in [-0.15, -0.1) is 0 Å². The number of hydrogen-bond acceptors (Lipinski definition) is 8. The van der Waals surface area contributed by atoms with Crippen LogP contribution in [0.5, 0.6) is 0 Å². The van der Waals surface area contributed by atoms with Crippen LogP contribution in [0.1, 0.15) is 24.8 Å². The van der Waals surface area contributed by atoms with E-state index in [2.05, 4.69) is 20.9 Å². The zero-order valence-electron chi connectivity index (χ0n) is 20.0. The average molecular weight is 524 g/mol. The monoisotopic (exact) mass is 523 g/mol. The van der Waals surface area contributed by atoms with E-state index in [1.54, 1.807) is 30.3 Å². The average Bonchev–Trinajstić information content (AvgIpc) is 2.84. The van der Waals surface area contributed by atoms with Crippen LogP contribution in [0.15, 0.2) is 35.3 Å². The topological polar surface area (TPSA) is 273 Å². The van der Waals surface area contributed by atoms with Gasteiger partial charge in [-0.1, -0.05) is 30.3 Å². The Kier molecular flexibility index (Phi) is 13.1. The minimum atomic E-state index is -1.62. The smallest absolute Gasteiger partial charge is 0.326 e. The Balaban J connectivity index is 3.08. The molecule has 0 aromatic heterocycles. The molecular weight excluding hydrogens is 490 g/mol. The van der Waals surface area contributed by atoms with E-state index < -0.39 is 66.9 Å². The van der Waals surface area contributed by atoms with E-state index in [9.17, 15) is 29.1 Å².